The average molecular weight is 305 g/mol. The summed E-state index contributed by atoms with van der Waals surface area (Å²) in [6.45, 7) is 4.42. The third-order valence-corrected chi connectivity index (χ3v) is 5.50. The zero-order valence-corrected chi connectivity index (χ0v) is 12.9. The molecule has 1 aromatic heterocycles. The molecule has 7 heteroatoms. The van der Waals surface area contributed by atoms with Gasteiger partial charge in [-0.05, 0) is 17.4 Å². The van der Waals surface area contributed by atoms with Crippen LogP contribution in [0.5, 0.6) is 0 Å². The van der Waals surface area contributed by atoms with Crippen molar-refractivity contribution >= 4 is 27.3 Å². The maximum atomic E-state index is 12.2. The van der Waals surface area contributed by atoms with Crippen molar-refractivity contribution in [3.8, 4) is 0 Å². The fourth-order valence-electron chi connectivity index (χ4n) is 1.63. The second kappa shape index (κ2) is 7.02. The van der Waals surface area contributed by atoms with Gasteiger partial charge in [-0.3, -0.25) is 0 Å². The largest absolute Gasteiger partial charge is 0.465 e. The van der Waals surface area contributed by atoms with Crippen molar-refractivity contribution in [1.29, 1.82) is 0 Å². The number of sulfonamides is 1. The minimum Gasteiger partial charge on any atom is -0.465 e. The van der Waals surface area contributed by atoms with Gasteiger partial charge in [0.1, 0.15) is 9.77 Å². The third-order valence-electron chi connectivity index (χ3n) is 3.01. The van der Waals surface area contributed by atoms with Gasteiger partial charge in [-0.1, -0.05) is 26.7 Å². The first-order chi connectivity index (χ1) is 8.96. The van der Waals surface area contributed by atoms with Crippen molar-refractivity contribution in [2.75, 3.05) is 13.7 Å². The van der Waals surface area contributed by atoms with Crippen LogP contribution in [0, 0.1) is 5.92 Å². The lowest BCUT2D eigenvalue weighted by atomic mass is 10.0. The van der Waals surface area contributed by atoms with E-state index in [1.165, 1.54) is 13.2 Å². The number of ether oxygens (including phenoxy) is 1. The van der Waals surface area contributed by atoms with Gasteiger partial charge in [0.25, 0.3) is 0 Å². The Morgan fingerprint density at radius 2 is 2.05 bits per heavy atom. The predicted octanol–water partition coefficient (Wildman–Crippen LogP) is 2.25. The molecule has 5 nitrogen and oxygen atoms in total. The number of carbonyl (C=O) groups is 1. The molecule has 0 aliphatic heterocycles. The van der Waals surface area contributed by atoms with Crippen LogP contribution in [0.1, 0.15) is 36.4 Å². The predicted molar refractivity (Wildman–Crippen MR) is 74.9 cm³/mol. The van der Waals surface area contributed by atoms with E-state index in [0.717, 1.165) is 24.2 Å². The maximum Gasteiger partial charge on any atom is 0.349 e. The van der Waals surface area contributed by atoms with E-state index in [4.69, 9.17) is 0 Å². The molecular formula is C12H19NO4S2. The van der Waals surface area contributed by atoms with E-state index in [9.17, 15) is 13.2 Å². The maximum absolute atomic E-state index is 12.2. The van der Waals surface area contributed by atoms with Crippen molar-refractivity contribution in [2.45, 2.75) is 31.6 Å². The molecule has 0 amide bonds. The lowest BCUT2D eigenvalue weighted by Gasteiger charge is -2.13. The van der Waals surface area contributed by atoms with Crippen LogP contribution in [-0.2, 0) is 14.8 Å². The van der Waals surface area contributed by atoms with Crippen LogP contribution in [0.4, 0.5) is 0 Å². The zero-order valence-electron chi connectivity index (χ0n) is 11.3. The van der Waals surface area contributed by atoms with E-state index in [1.54, 1.807) is 5.38 Å². The summed E-state index contributed by atoms with van der Waals surface area (Å²) in [7, 11) is -2.43. The normalized spacial score (nSPS) is 11.8. The number of methoxy groups -OCH3 is 1. The summed E-state index contributed by atoms with van der Waals surface area (Å²) >= 11 is 1.06. The fraction of sp³-hybridized carbons (Fsp3) is 0.583. The highest BCUT2D eigenvalue weighted by Crippen LogP contribution is 2.22. The third kappa shape index (κ3) is 4.02. The van der Waals surface area contributed by atoms with Crippen LogP contribution in [0.3, 0.4) is 0 Å². The Morgan fingerprint density at radius 3 is 2.58 bits per heavy atom. The monoisotopic (exact) mass is 305 g/mol. The van der Waals surface area contributed by atoms with Crippen molar-refractivity contribution in [1.82, 2.24) is 4.72 Å². The molecule has 0 aliphatic carbocycles. The van der Waals surface area contributed by atoms with Gasteiger partial charge in [-0.25, -0.2) is 17.9 Å². The second-order valence-electron chi connectivity index (χ2n) is 4.14. The van der Waals surface area contributed by atoms with Gasteiger partial charge >= 0.3 is 5.97 Å². The Kier molecular flexibility index (Phi) is 5.96. The van der Waals surface area contributed by atoms with Crippen molar-refractivity contribution in [2.24, 2.45) is 5.92 Å². The van der Waals surface area contributed by atoms with Crippen molar-refractivity contribution in [3.63, 3.8) is 0 Å². The molecule has 108 valence electrons. The molecule has 1 aromatic rings. The quantitative estimate of drug-likeness (QED) is 0.784. The number of hydrogen-bond donors (Lipinski definition) is 1. The molecular weight excluding hydrogens is 286 g/mol. The molecule has 19 heavy (non-hydrogen) atoms. The SMILES string of the molecule is CCC(CC)CNS(=O)(=O)c1ccsc1C(=O)OC. The van der Waals surface area contributed by atoms with Gasteiger partial charge in [-0.15, -0.1) is 11.3 Å². The van der Waals surface area contributed by atoms with E-state index in [-0.39, 0.29) is 9.77 Å². The summed E-state index contributed by atoms with van der Waals surface area (Å²) < 4.78 is 31.4. The Hall–Kier alpha value is -0.920. The Bertz CT molecular complexity index is 518. The Labute approximate surface area is 118 Å². The van der Waals surface area contributed by atoms with Crippen molar-refractivity contribution < 1.29 is 17.9 Å². The first-order valence-electron chi connectivity index (χ1n) is 6.11. The number of carbonyl (C=O) groups excluding carboxylic acids is 1. The molecule has 0 saturated heterocycles. The zero-order chi connectivity index (χ0) is 14.5. The first kappa shape index (κ1) is 16.1. The van der Waals surface area contributed by atoms with E-state index in [1.807, 2.05) is 13.8 Å². The molecule has 0 atom stereocenters. The lowest BCUT2D eigenvalue weighted by Crippen LogP contribution is -2.29. The van der Waals surface area contributed by atoms with Gasteiger partial charge < -0.3 is 4.74 Å². The number of rotatable bonds is 7. The van der Waals surface area contributed by atoms with Gasteiger partial charge in [0, 0.05) is 6.54 Å². The highest BCUT2D eigenvalue weighted by Gasteiger charge is 2.24. The molecule has 0 aliphatic rings. The summed E-state index contributed by atoms with van der Waals surface area (Å²) in [5.74, 6) is -0.326. The van der Waals surface area contributed by atoms with Crippen LogP contribution >= 0.6 is 11.3 Å². The second-order valence-corrected chi connectivity index (χ2v) is 6.79. The molecule has 0 saturated carbocycles. The van der Waals surface area contributed by atoms with E-state index in [0.29, 0.717) is 12.5 Å². The average Bonchev–Trinajstić information content (AvgIpc) is 2.89. The molecule has 1 heterocycles. The summed E-state index contributed by atoms with van der Waals surface area (Å²) in [5.41, 5.74) is 0. The summed E-state index contributed by atoms with van der Waals surface area (Å²) in [6.07, 6.45) is 1.82. The minimum atomic E-state index is -3.66. The number of esters is 1. The van der Waals surface area contributed by atoms with Crippen LogP contribution in [0.15, 0.2) is 16.3 Å². The Balaban J connectivity index is 2.89. The van der Waals surface area contributed by atoms with Crippen LogP contribution in [-0.4, -0.2) is 28.0 Å². The molecule has 0 spiro atoms. The van der Waals surface area contributed by atoms with Crippen LogP contribution in [0.25, 0.3) is 0 Å². The molecule has 0 aromatic carbocycles. The van der Waals surface area contributed by atoms with E-state index < -0.39 is 16.0 Å². The highest BCUT2D eigenvalue weighted by atomic mass is 32.2. The van der Waals surface area contributed by atoms with Gasteiger partial charge in [0.15, 0.2) is 0 Å². The first-order valence-corrected chi connectivity index (χ1v) is 8.48. The van der Waals surface area contributed by atoms with Crippen LogP contribution in [0.2, 0.25) is 0 Å². The number of nitrogens with one attached hydrogen (secondary N) is 1. The summed E-state index contributed by atoms with van der Waals surface area (Å²) in [5, 5.41) is 1.57. The molecule has 1 N–H and O–H groups in total. The smallest absolute Gasteiger partial charge is 0.349 e. The highest BCUT2D eigenvalue weighted by molar-refractivity contribution is 7.89. The van der Waals surface area contributed by atoms with Gasteiger partial charge in [0.05, 0.1) is 7.11 Å². The lowest BCUT2D eigenvalue weighted by molar-refractivity contribution is 0.0602. The number of thiophene rings is 1. The molecule has 0 unspecified atom stereocenters. The minimum absolute atomic E-state index is 0.00435. The summed E-state index contributed by atoms with van der Waals surface area (Å²) in [6, 6.07) is 1.42. The summed E-state index contributed by atoms with van der Waals surface area (Å²) in [4.78, 5) is 11.6. The Morgan fingerprint density at radius 1 is 1.42 bits per heavy atom. The van der Waals surface area contributed by atoms with Gasteiger partial charge in [-0.2, -0.15) is 0 Å². The van der Waals surface area contributed by atoms with Gasteiger partial charge in [0.2, 0.25) is 10.0 Å². The molecule has 0 bridgehead atoms. The van der Waals surface area contributed by atoms with E-state index >= 15 is 0 Å². The molecule has 0 fully saturated rings. The fourth-order valence-corrected chi connectivity index (χ4v) is 4.08. The van der Waals surface area contributed by atoms with E-state index in [2.05, 4.69) is 9.46 Å². The molecule has 1 rings (SSSR count). The van der Waals surface area contributed by atoms with Crippen LogP contribution < -0.4 is 4.72 Å². The topological polar surface area (TPSA) is 72.5 Å². The number of hydrogen-bond acceptors (Lipinski definition) is 5. The molecule has 0 radical (unpaired) electrons. The van der Waals surface area contributed by atoms with Crippen molar-refractivity contribution in [3.05, 3.63) is 16.3 Å². The standard InChI is InChI=1S/C12H19NO4S2/c1-4-9(5-2)8-13-19(15,16)10-6-7-18-11(10)12(14)17-3/h6-7,9,13H,4-5,8H2,1-3H3.